The monoisotopic (exact) mass is 292 g/mol. The first-order valence-corrected chi connectivity index (χ1v) is 6.29. The number of alkyl halides is 2. The molecule has 0 unspecified atom stereocenters. The molecule has 0 saturated carbocycles. The van der Waals surface area contributed by atoms with Crippen LogP contribution in [0, 0.1) is 0 Å². The molecular formula is C12H18F2N2O4. The predicted octanol–water partition coefficient (Wildman–Crippen LogP) is -0.310. The van der Waals surface area contributed by atoms with E-state index in [4.69, 9.17) is 9.57 Å². The SMILES string of the molecule is C=CCOC(=O)[C@](C)(O)CN1OC[C@H]2NCC(F)(F)[C@H]21. The number of esters is 1. The van der Waals surface area contributed by atoms with Crippen molar-refractivity contribution in [1.82, 2.24) is 10.4 Å². The zero-order valence-corrected chi connectivity index (χ0v) is 11.1. The average molecular weight is 292 g/mol. The van der Waals surface area contributed by atoms with E-state index in [2.05, 4.69) is 11.9 Å². The van der Waals surface area contributed by atoms with E-state index in [1.54, 1.807) is 0 Å². The molecule has 0 spiro atoms. The molecule has 2 heterocycles. The summed E-state index contributed by atoms with van der Waals surface area (Å²) in [6.45, 7) is 3.78. The minimum Gasteiger partial charge on any atom is -0.459 e. The summed E-state index contributed by atoms with van der Waals surface area (Å²) in [4.78, 5) is 16.8. The summed E-state index contributed by atoms with van der Waals surface area (Å²) in [5.74, 6) is -3.87. The lowest BCUT2D eigenvalue weighted by Gasteiger charge is -2.31. The van der Waals surface area contributed by atoms with Gasteiger partial charge in [-0.15, -0.1) is 0 Å². The average Bonchev–Trinajstić information content (AvgIpc) is 2.88. The first-order chi connectivity index (χ1) is 9.28. The van der Waals surface area contributed by atoms with Crippen LogP contribution in [0.3, 0.4) is 0 Å². The molecule has 0 radical (unpaired) electrons. The van der Waals surface area contributed by atoms with Crippen LogP contribution < -0.4 is 5.32 Å². The minimum atomic E-state index is -2.97. The third kappa shape index (κ3) is 2.83. The summed E-state index contributed by atoms with van der Waals surface area (Å²) in [7, 11) is 0. The molecule has 0 bridgehead atoms. The van der Waals surface area contributed by atoms with Crippen molar-refractivity contribution in [2.24, 2.45) is 0 Å². The smallest absolute Gasteiger partial charge is 0.339 e. The molecule has 0 aromatic carbocycles. The van der Waals surface area contributed by atoms with E-state index in [1.807, 2.05) is 0 Å². The first-order valence-electron chi connectivity index (χ1n) is 6.29. The van der Waals surface area contributed by atoms with Crippen molar-refractivity contribution in [2.75, 3.05) is 26.3 Å². The van der Waals surface area contributed by atoms with Gasteiger partial charge in [0.25, 0.3) is 5.92 Å². The van der Waals surface area contributed by atoms with Crippen LogP contribution in [-0.4, -0.2) is 66.0 Å². The second kappa shape index (κ2) is 5.36. The highest BCUT2D eigenvalue weighted by Crippen LogP contribution is 2.35. The van der Waals surface area contributed by atoms with E-state index < -0.39 is 36.1 Å². The number of rotatable bonds is 5. The van der Waals surface area contributed by atoms with Gasteiger partial charge in [-0.2, -0.15) is 5.06 Å². The number of carbonyl (C=O) groups is 1. The Morgan fingerprint density at radius 2 is 2.45 bits per heavy atom. The summed E-state index contributed by atoms with van der Waals surface area (Å²) in [5.41, 5.74) is -1.93. The number of nitrogens with one attached hydrogen (secondary N) is 1. The van der Waals surface area contributed by atoms with E-state index >= 15 is 0 Å². The number of β-amino-alcohol motifs (C(OH)–C–C–N with tert-alkyl or cyclic N) is 1. The molecule has 20 heavy (non-hydrogen) atoms. The van der Waals surface area contributed by atoms with Crippen LogP contribution in [0.1, 0.15) is 6.92 Å². The lowest BCUT2D eigenvalue weighted by molar-refractivity contribution is -0.211. The van der Waals surface area contributed by atoms with Crippen molar-refractivity contribution in [1.29, 1.82) is 0 Å². The van der Waals surface area contributed by atoms with E-state index in [9.17, 15) is 18.7 Å². The summed E-state index contributed by atoms with van der Waals surface area (Å²) in [6.07, 6.45) is 1.35. The molecule has 0 aromatic heterocycles. The van der Waals surface area contributed by atoms with Crippen molar-refractivity contribution in [3.8, 4) is 0 Å². The number of nitrogens with zero attached hydrogens (tertiary/aromatic N) is 1. The van der Waals surface area contributed by atoms with E-state index in [-0.39, 0.29) is 19.8 Å². The largest absolute Gasteiger partial charge is 0.459 e. The van der Waals surface area contributed by atoms with E-state index in [1.165, 1.54) is 13.0 Å². The fraction of sp³-hybridized carbons (Fsp3) is 0.750. The van der Waals surface area contributed by atoms with E-state index in [0.717, 1.165) is 5.06 Å². The molecule has 0 aromatic rings. The summed E-state index contributed by atoms with van der Waals surface area (Å²) >= 11 is 0. The predicted molar refractivity (Wildman–Crippen MR) is 65.0 cm³/mol. The van der Waals surface area contributed by atoms with Gasteiger partial charge < -0.3 is 15.2 Å². The Balaban J connectivity index is 2.02. The molecule has 2 N–H and O–H groups in total. The third-order valence-corrected chi connectivity index (χ3v) is 3.38. The van der Waals surface area contributed by atoms with Gasteiger partial charge in [-0.3, -0.25) is 4.84 Å². The second-order valence-corrected chi connectivity index (χ2v) is 5.23. The number of hydroxylamine groups is 2. The number of halogens is 2. The van der Waals surface area contributed by atoms with Crippen LogP contribution in [0.25, 0.3) is 0 Å². The zero-order valence-electron chi connectivity index (χ0n) is 11.1. The summed E-state index contributed by atoms with van der Waals surface area (Å²) in [5, 5.41) is 13.7. The highest BCUT2D eigenvalue weighted by Gasteiger charge is 2.58. The standard InChI is InChI=1S/C12H18F2N2O4/c1-3-4-19-10(17)11(2,18)7-16-9-8(5-20-16)15-6-12(9,13)14/h3,8-9,15,18H,1,4-7H2,2H3/t8-,9+,11-/m1/s1. The number of carbonyl (C=O) groups excluding carboxylic acids is 1. The quantitative estimate of drug-likeness (QED) is 0.535. The molecule has 3 atom stereocenters. The maximum absolute atomic E-state index is 13.7. The number of hydrogen-bond acceptors (Lipinski definition) is 6. The Bertz CT molecular complexity index is 403. The number of aliphatic hydroxyl groups is 1. The van der Waals surface area contributed by atoms with Gasteiger partial charge in [0.2, 0.25) is 0 Å². The molecule has 0 aliphatic carbocycles. The molecule has 2 fully saturated rings. The van der Waals surface area contributed by atoms with Crippen LogP contribution in [-0.2, 0) is 14.4 Å². The Labute approximate surface area is 115 Å². The van der Waals surface area contributed by atoms with Gasteiger partial charge in [0.15, 0.2) is 5.60 Å². The lowest BCUT2D eigenvalue weighted by Crippen LogP contribution is -2.53. The molecule has 2 rings (SSSR count). The van der Waals surface area contributed by atoms with Crippen molar-refractivity contribution >= 4 is 5.97 Å². The molecular weight excluding hydrogens is 274 g/mol. The fourth-order valence-corrected chi connectivity index (χ4v) is 2.40. The number of ether oxygens (including phenoxy) is 1. The van der Waals surface area contributed by atoms with Crippen LogP contribution in [0.5, 0.6) is 0 Å². The number of fused-ring (bicyclic) bond motifs is 1. The molecule has 2 saturated heterocycles. The van der Waals surface area contributed by atoms with Gasteiger partial charge >= 0.3 is 5.97 Å². The highest BCUT2D eigenvalue weighted by molar-refractivity contribution is 5.79. The molecule has 2 aliphatic rings. The van der Waals surface area contributed by atoms with Crippen LogP contribution >= 0.6 is 0 Å². The minimum absolute atomic E-state index is 0.0559. The fourth-order valence-electron chi connectivity index (χ4n) is 2.40. The second-order valence-electron chi connectivity index (χ2n) is 5.23. The first kappa shape index (κ1) is 15.3. The maximum atomic E-state index is 13.7. The van der Waals surface area contributed by atoms with Gasteiger partial charge in [-0.05, 0) is 6.92 Å². The Morgan fingerprint density at radius 3 is 3.10 bits per heavy atom. The molecule has 0 amide bonds. The topological polar surface area (TPSA) is 71.0 Å². The van der Waals surface area contributed by atoms with Gasteiger partial charge in [0, 0.05) is 0 Å². The number of hydrogen-bond donors (Lipinski definition) is 2. The Kier molecular flexibility index (Phi) is 4.10. The highest BCUT2D eigenvalue weighted by atomic mass is 19.3. The van der Waals surface area contributed by atoms with E-state index in [0.29, 0.717) is 0 Å². The molecule has 2 aliphatic heterocycles. The lowest BCUT2D eigenvalue weighted by atomic mass is 10.0. The summed E-state index contributed by atoms with van der Waals surface area (Å²) < 4.78 is 32.2. The van der Waals surface area contributed by atoms with Crippen molar-refractivity contribution in [3.05, 3.63) is 12.7 Å². The van der Waals surface area contributed by atoms with Crippen LogP contribution in [0.15, 0.2) is 12.7 Å². The van der Waals surface area contributed by atoms with Crippen LogP contribution in [0.2, 0.25) is 0 Å². The molecule has 114 valence electrons. The van der Waals surface area contributed by atoms with Crippen molar-refractivity contribution < 1.29 is 28.3 Å². The summed E-state index contributed by atoms with van der Waals surface area (Å²) in [6, 6.07) is -1.70. The van der Waals surface area contributed by atoms with Crippen LogP contribution in [0.4, 0.5) is 8.78 Å². The molecule has 8 heteroatoms. The van der Waals surface area contributed by atoms with Gasteiger partial charge in [-0.1, -0.05) is 12.7 Å². The van der Waals surface area contributed by atoms with Gasteiger partial charge in [0.05, 0.1) is 25.7 Å². The Morgan fingerprint density at radius 1 is 1.75 bits per heavy atom. The zero-order chi connectivity index (χ0) is 15.0. The third-order valence-electron chi connectivity index (χ3n) is 3.38. The van der Waals surface area contributed by atoms with Gasteiger partial charge in [-0.25, -0.2) is 13.6 Å². The van der Waals surface area contributed by atoms with Gasteiger partial charge in [0.1, 0.15) is 12.6 Å². The maximum Gasteiger partial charge on any atom is 0.339 e. The normalized spacial score (nSPS) is 31.6. The van der Waals surface area contributed by atoms with Crippen molar-refractivity contribution in [2.45, 2.75) is 30.5 Å². The Hall–Kier alpha value is -1.09. The van der Waals surface area contributed by atoms with Crippen molar-refractivity contribution in [3.63, 3.8) is 0 Å². The molecule has 6 nitrogen and oxygen atoms in total.